The van der Waals surface area contributed by atoms with Crippen LogP contribution >= 0.6 is 11.8 Å². The molecule has 0 bridgehead atoms. The number of nitro groups is 1. The normalized spacial score (nSPS) is 14.6. The summed E-state index contributed by atoms with van der Waals surface area (Å²) in [5, 5.41) is 10.0. The summed E-state index contributed by atoms with van der Waals surface area (Å²) in [5.74, 6) is 1.32. The monoisotopic (exact) mass is 442 g/mol. The molecule has 170 valence electrons. The minimum atomic E-state index is -0.417. The third kappa shape index (κ3) is 7.88. The predicted octanol–water partition coefficient (Wildman–Crippen LogP) is 7.75. The molecule has 0 fully saturated rings. The van der Waals surface area contributed by atoms with Crippen molar-refractivity contribution in [2.75, 3.05) is 24.7 Å². The van der Waals surface area contributed by atoms with Crippen molar-refractivity contribution in [1.29, 1.82) is 0 Å². The summed E-state index contributed by atoms with van der Waals surface area (Å²) in [7, 11) is 4.27. The molecule has 0 N–H and O–H groups in total. The van der Waals surface area contributed by atoms with Crippen LogP contribution in [-0.2, 0) is 6.42 Å². The molecule has 3 rings (SSSR count). The number of nitrogens with zero attached hydrogens (tertiary/aromatic N) is 2. The summed E-state index contributed by atoms with van der Waals surface area (Å²) in [6.07, 6.45) is 10.9. The highest BCUT2D eigenvalue weighted by Gasteiger charge is 2.31. The van der Waals surface area contributed by atoms with Crippen molar-refractivity contribution in [3.63, 3.8) is 0 Å². The van der Waals surface area contributed by atoms with Gasteiger partial charge in [0.25, 0.3) is 5.69 Å². The van der Waals surface area contributed by atoms with Crippen molar-refractivity contribution < 1.29 is 4.92 Å². The van der Waals surface area contributed by atoms with Gasteiger partial charge in [-0.15, -0.1) is 11.8 Å². The van der Waals surface area contributed by atoms with Gasteiger partial charge in [0, 0.05) is 42.6 Å². The molecule has 1 aliphatic heterocycles. The van der Waals surface area contributed by atoms with Crippen LogP contribution in [-0.4, -0.2) is 24.8 Å². The van der Waals surface area contributed by atoms with Gasteiger partial charge in [-0.3, -0.25) is 10.1 Å². The van der Waals surface area contributed by atoms with Crippen LogP contribution in [0.3, 0.4) is 0 Å². The van der Waals surface area contributed by atoms with Crippen LogP contribution in [0.5, 0.6) is 0 Å². The van der Waals surface area contributed by atoms with Crippen LogP contribution in [0.25, 0.3) is 0 Å². The number of aryl methyl sites for hydroxylation is 1. The number of hydrogen-bond donors (Lipinski definition) is 0. The van der Waals surface area contributed by atoms with Crippen molar-refractivity contribution in [3.05, 3.63) is 64.2 Å². The van der Waals surface area contributed by atoms with Crippen molar-refractivity contribution in [2.24, 2.45) is 5.41 Å². The van der Waals surface area contributed by atoms with Gasteiger partial charge in [-0.1, -0.05) is 57.7 Å². The molecule has 0 saturated heterocycles. The Morgan fingerprint density at radius 1 is 1.03 bits per heavy atom. The van der Waals surface area contributed by atoms with Crippen LogP contribution in [0, 0.1) is 15.5 Å². The highest BCUT2D eigenvalue weighted by molar-refractivity contribution is 7.99. The van der Waals surface area contributed by atoms with Crippen LogP contribution in [0.2, 0.25) is 0 Å². The van der Waals surface area contributed by atoms with E-state index >= 15 is 0 Å². The largest absolute Gasteiger partial charge is 0.378 e. The van der Waals surface area contributed by atoms with Gasteiger partial charge in [-0.2, -0.15) is 0 Å². The highest BCUT2D eigenvalue weighted by atomic mass is 32.2. The van der Waals surface area contributed by atoms with Gasteiger partial charge in [0.2, 0.25) is 0 Å². The maximum atomic E-state index is 10.0. The number of hydrogen-bond acceptors (Lipinski definition) is 4. The molecule has 0 saturated carbocycles. The molecule has 31 heavy (non-hydrogen) atoms. The lowest BCUT2D eigenvalue weighted by Gasteiger charge is -2.32. The topological polar surface area (TPSA) is 46.4 Å². The number of anilines is 1. The SMILES string of the molecule is CCCCC1(CCCC)CCc2cc(N(C)C)ccc2SC1.O=[N+]([O-])c1ccccc1. The number of non-ortho nitro benzene ring substituents is 1. The van der Waals surface area contributed by atoms with E-state index in [9.17, 15) is 10.1 Å². The van der Waals surface area contributed by atoms with E-state index in [-0.39, 0.29) is 5.69 Å². The minimum Gasteiger partial charge on any atom is -0.378 e. The van der Waals surface area contributed by atoms with E-state index in [0.717, 1.165) is 0 Å². The summed E-state index contributed by atoms with van der Waals surface area (Å²) < 4.78 is 0. The molecule has 0 radical (unpaired) electrons. The van der Waals surface area contributed by atoms with Crippen molar-refractivity contribution >= 4 is 23.1 Å². The quantitative estimate of drug-likeness (QED) is 0.310. The van der Waals surface area contributed by atoms with Crippen LogP contribution in [0.1, 0.15) is 64.4 Å². The van der Waals surface area contributed by atoms with Gasteiger partial charge in [0.15, 0.2) is 0 Å². The zero-order valence-corrected chi connectivity index (χ0v) is 20.4. The van der Waals surface area contributed by atoms with Gasteiger partial charge in [-0.25, -0.2) is 0 Å². The molecule has 0 aromatic heterocycles. The highest BCUT2D eigenvalue weighted by Crippen LogP contribution is 2.45. The van der Waals surface area contributed by atoms with E-state index in [4.69, 9.17) is 0 Å². The third-order valence-corrected chi connectivity index (χ3v) is 7.57. The Labute approximate surface area is 192 Å². The fourth-order valence-electron chi connectivity index (χ4n) is 4.06. The number of nitro benzene ring substituents is 1. The molecule has 1 aliphatic rings. The van der Waals surface area contributed by atoms with Gasteiger partial charge < -0.3 is 4.90 Å². The molecule has 1 heterocycles. The zero-order valence-electron chi connectivity index (χ0n) is 19.6. The molecule has 0 amide bonds. The first kappa shape index (κ1) is 25.3. The Bertz CT molecular complexity index is 800. The average Bonchev–Trinajstić information content (AvgIpc) is 2.97. The lowest BCUT2D eigenvalue weighted by molar-refractivity contribution is -0.384. The second kappa shape index (κ2) is 12.7. The number of rotatable bonds is 8. The summed E-state index contributed by atoms with van der Waals surface area (Å²) in [6, 6.07) is 15.0. The van der Waals surface area contributed by atoms with Gasteiger partial charge in [0.05, 0.1) is 4.92 Å². The molecular formula is C26H38N2O2S. The van der Waals surface area contributed by atoms with Crippen LogP contribution < -0.4 is 4.90 Å². The average molecular weight is 443 g/mol. The maximum absolute atomic E-state index is 10.0. The van der Waals surface area contributed by atoms with E-state index in [2.05, 4.69) is 62.8 Å². The number of unbranched alkanes of at least 4 members (excludes halogenated alkanes) is 2. The van der Waals surface area contributed by atoms with Gasteiger partial charge in [-0.05, 0) is 54.9 Å². The summed E-state index contributed by atoms with van der Waals surface area (Å²) >= 11 is 2.12. The standard InChI is InChI=1S/C20H33NS.C6H5NO2/c1-5-7-12-20(13-8-6-2)14-11-17-15-18(21(3)4)9-10-19(17)22-16-20;8-7(9)6-4-2-1-3-5-6/h9-10,15H,5-8,11-14,16H2,1-4H3;1-5H. The molecule has 0 aliphatic carbocycles. The van der Waals surface area contributed by atoms with Gasteiger partial charge in [0.1, 0.15) is 0 Å². The smallest absolute Gasteiger partial charge is 0.269 e. The predicted molar refractivity (Wildman–Crippen MR) is 134 cm³/mol. The number of thioether (sulfide) groups is 1. The molecule has 2 aromatic carbocycles. The second-order valence-electron chi connectivity index (χ2n) is 8.77. The van der Waals surface area contributed by atoms with E-state index < -0.39 is 4.92 Å². The Balaban J connectivity index is 0.000000316. The minimum absolute atomic E-state index is 0.137. The van der Waals surface area contributed by atoms with E-state index in [1.807, 2.05) is 0 Å². The molecular weight excluding hydrogens is 404 g/mol. The Morgan fingerprint density at radius 3 is 2.19 bits per heavy atom. The first-order valence-corrected chi connectivity index (χ1v) is 12.5. The van der Waals surface area contributed by atoms with Crippen molar-refractivity contribution in [3.8, 4) is 0 Å². The number of benzene rings is 2. The zero-order chi connectivity index (χ0) is 22.7. The number of para-hydroxylation sites is 1. The lowest BCUT2D eigenvalue weighted by atomic mass is 9.75. The molecule has 2 aromatic rings. The molecule has 4 nitrogen and oxygen atoms in total. The van der Waals surface area contributed by atoms with Crippen LogP contribution in [0.4, 0.5) is 11.4 Å². The van der Waals surface area contributed by atoms with Crippen molar-refractivity contribution in [1.82, 2.24) is 0 Å². The maximum Gasteiger partial charge on any atom is 0.269 e. The first-order valence-electron chi connectivity index (χ1n) is 11.5. The Hall–Kier alpha value is -2.01. The Morgan fingerprint density at radius 2 is 1.68 bits per heavy atom. The molecule has 5 heteroatoms. The molecule has 0 spiro atoms. The first-order chi connectivity index (χ1) is 14.9. The summed E-state index contributed by atoms with van der Waals surface area (Å²) in [5.41, 5.74) is 3.63. The third-order valence-electron chi connectivity index (χ3n) is 6.11. The second-order valence-corrected chi connectivity index (χ2v) is 9.79. The summed E-state index contributed by atoms with van der Waals surface area (Å²) in [6.45, 7) is 4.66. The Kier molecular flexibility index (Phi) is 10.4. The van der Waals surface area contributed by atoms with Crippen LogP contribution in [0.15, 0.2) is 53.4 Å². The van der Waals surface area contributed by atoms with E-state index in [0.29, 0.717) is 5.41 Å². The molecule has 0 unspecified atom stereocenters. The molecule has 0 atom stereocenters. The lowest BCUT2D eigenvalue weighted by Crippen LogP contribution is -2.24. The van der Waals surface area contributed by atoms with Gasteiger partial charge >= 0.3 is 0 Å². The fourth-order valence-corrected chi connectivity index (χ4v) is 5.46. The van der Waals surface area contributed by atoms with Crippen molar-refractivity contribution in [2.45, 2.75) is 70.1 Å². The van der Waals surface area contributed by atoms with E-state index in [1.54, 1.807) is 23.8 Å². The fraction of sp³-hybridized carbons (Fsp3) is 0.538. The number of fused-ring (bicyclic) bond motifs is 1. The summed E-state index contributed by atoms with van der Waals surface area (Å²) in [4.78, 5) is 13.3. The van der Waals surface area contributed by atoms with E-state index in [1.165, 1.54) is 79.8 Å².